The maximum atomic E-state index is 7.70. The molecule has 0 saturated carbocycles. The average Bonchev–Trinajstić information content (AvgIpc) is 2.34. The van der Waals surface area contributed by atoms with E-state index in [4.69, 9.17) is 11.1 Å². The molecule has 0 fully saturated rings. The molecule has 4 heteroatoms. The van der Waals surface area contributed by atoms with E-state index in [1.165, 1.54) is 6.42 Å². The van der Waals surface area contributed by atoms with Crippen LogP contribution >= 0.6 is 23.5 Å². The summed E-state index contributed by atoms with van der Waals surface area (Å²) < 4.78 is 0. The van der Waals surface area contributed by atoms with Crippen LogP contribution in [-0.2, 0) is 0 Å². The van der Waals surface area contributed by atoms with Crippen LogP contribution in [0.3, 0.4) is 0 Å². The second kappa shape index (κ2) is 6.97. The molecule has 0 aliphatic carbocycles. The van der Waals surface area contributed by atoms with Crippen molar-refractivity contribution in [2.24, 2.45) is 11.7 Å². The van der Waals surface area contributed by atoms with Crippen LogP contribution in [0.15, 0.2) is 28.0 Å². The minimum Gasteiger partial charge on any atom is -0.384 e. The summed E-state index contributed by atoms with van der Waals surface area (Å²) in [7, 11) is 0. The molecule has 0 saturated heterocycles. The second-order valence-corrected chi connectivity index (χ2v) is 5.98. The molecule has 0 bridgehead atoms. The van der Waals surface area contributed by atoms with Crippen LogP contribution in [0.1, 0.15) is 25.8 Å². The Balaban J connectivity index is 2.94. The molecule has 1 unspecified atom stereocenters. The number of hydrogen-bond donors (Lipinski definition) is 2. The van der Waals surface area contributed by atoms with Gasteiger partial charge in [-0.15, -0.1) is 23.5 Å². The fourth-order valence-electron chi connectivity index (χ4n) is 1.42. The Labute approximate surface area is 112 Å². The smallest absolute Gasteiger partial charge is 0.125 e. The molecular weight excluding hydrogens is 248 g/mol. The van der Waals surface area contributed by atoms with Crippen LogP contribution in [0.2, 0.25) is 0 Å². The lowest BCUT2D eigenvalue weighted by Crippen LogP contribution is -2.14. The first-order valence-corrected chi connectivity index (χ1v) is 7.95. The monoisotopic (exact) mass is 268 g/mol. The van der Waals surface area contributed by atoms with Crippen molar-refractivity contribution in [2.75, 3.05) is 12.0 Å². The van der Waals surface area contributed by atoms with Crippen LogP contribution in [0, 0.1) is 11.3 Å². The van der Waals surface area contributed by atoms with Crippen molar-refractivity contribution in [3.05, 3.63) is 23.8 Å². The molecule has 0 radical (unpaired) electrons. The molecule has 0 spiro atoms. The van der Waals surface area contributed by atoms with Gasteiger partial charge in [0, 0.05) is 21.1 Å². The van der Waals surface area contributed by atoms with Crippen molar-refractivity contribution in [2.45, 2.75) is 30.1 Å². The molecule has 1 aromatic carbocycles. The van der Waals surface area contributed by atoms with Gasteiger partial charge in [0.2, 0.25) is 0 Å². The molecule has 1 aromatic rings. The van der Waals surface area contributed by atoms with Gasteiger partial charge in [-0.25, -0.2) is 0 Å². The third-order valence-electron chi connectivity index (χ3n) is 2.70. The van der Waals surface area contributed by atoms with Gasteiger partial charge in [0.25, 0.3) is 0 Å². The lowest BCUT2D eigenvalue weighted by atomic mass is 10.2. The summed E-state index contributed by atoms with van der Waals surface area (Å²) in [6.45, 7) is 4.45. The first kappa shape index (κ1) is 14.5. The third-order valence-corrected chi connectivity index (χ3v) is 4.86. The topological polar surface area (TPSA) is 49.9 Å². The molecule has 0 aliphatic heterocycles. The van der Waals surface area contributed by atoms with Crippen LogP contribution in [-0.4, -0.2) is 17.8 Å². The summed E-state index contributed by atoms with van der Waals surface area (Å²) in [5, 5.41) is 7.70. The minimum absolute atomic E-state index is 0.168. The number of nitrogens with one attached hydrogen (secondary N) is 1. The van der Waals surface area contributed by atoms with E-state index in [9.17, 15) is 0 Å². The van der Waals surface area contributed by atoms with Crippen molar-refractivity contribution in [1.29, 1.82) is 5.41 Å². The van der Waals surface area contributed by atoms with Gasteiger partial charge in [0.05, 0.1) is 0 Å². The maximum absolute atomic E-state index is 7.70. The van der Waals surface area contributed by atoms with Gasteiger partial charge in [0.1, 0.15) is 5.84 Å². The number of nitrogen functional groups attached to an aromatic ring is 1. The molecule has 0 aromatic heterocycles. The zero-order chi connectivity index (χ0) is 12.8. The highest BCUT2D eigenvalue weighted by Gasteiger charge is 2.11. The summed E-state index contributed by atoms with van der Waals surface area (Å²) in [6.07, 6.45) is 3.20. The first-order valence-electron chi connectivity index (χ1n) is 5.74. The SMILES string of the molecule is CCC(C)CSc1cccc(SC)c1C(=N)N. The Morgan fingerprint density at radius 1 is 1.41 bits per heavy atom. The second-order valence-electron chi connectivity index (χ2n) is 4.07. The molecule has 17 heavy (non-hydrogen) atoms. The van der Waals surface area contributed by atoms with E-state index in [1.54, 1.807) is 23.5 Å². The minimum atomic E-state index is 0.168. The molecule has 1 rings (SSSR count). The summed E-state index contributed by atoms with van der Waals surface area (Å²) in [4.78, 5) is 2.22. The standard InChI is InChI=1S/C13H20N2S2/c1-4-9(2)8-17-11-7-5-6-10(16-3)12(11)13(14)15/h5-7,9H,4,8H2,1-3H3,(H3,14,15). The quantitative estimate of drug-likeness (QED) is 0.468. The van der Waals surface area contributed by atoms with Crippen molar-refractivity contribution >= 4 is 29.4 Å². The zero-order valence-electron chi connectivity index (χ0n) is 10.6. The fourth-order valence-corrected chi connectivity index (χ4v) is 3.36. The zero-order valence-corrected chi connectivity index (χ0v) is 12.3. The third kappa shape index (κ3) is 3.96. The van der Waals surface area contributed by atoms with E-state index < -0.39 is 0 Å². The number of benzene rings is 1. The van der Waals surface area contributed by atoms with E-state index in [1.807, 2.05) is 18.4 Å². The molecule has 94 valence electrons. The number of hydrogen-bond acceptors (Lipinski definition) is 3. The average molecular weight is 268 g/mol. The van der Waals surface area contributed by atoms with Crippen LogP contribution < -0.4 is 5.73 Å². The highest BCUT2D eigenvalue weighted by molar-refractivity contribution is 8.00. The van der Waals surface area contributed by atoms with E-state index in [0.717, 1.165) is 21.1 Å². The summed E-state index contributed by atoms with van der Waals surface area (Å²) >= 11 is 3.45. The van der Waals surface area contributed by atoms with Crippen molar-refractivity contribution in [1.82, 2.24) is 0 Å². The summed E-state index contributed by atoms with van der Waals surface area (Å²) in [5.41, 5.74) is 6.58. The van der Waals surface area contributed by atoms with Crippen LogP contribution in [0.25, 0.3) is 0 Å². The van der Waals surface area contributed by atoms with E-state index >= 15 is 0 Å². The van der Waals surface area contributed by atoms with Gasteiger partial charge >= 0.3 is 0 Å². The molecule has 3 N–H and O–H groups in total. The van der Waals surface area contributed by atoms with Gasteiger partial charge in [-0.3, -0.25) is 5.41 Å². The Kier molecular flexibility index (Phi) is 5.92. The lowest BCUT2D eigenvalue weighted by Gasteiger charge is -2.13. The van der Waals surface area contributed by atoms with Crippen molar-refractivity contribution in [3.8, 4) is 0 Å². The van der Waals surface area contributed by atoms with E-state index in [-0.39, 0.29) is 5.84 Å². The summed E-state index contributed by atoms with van der Waals surface area (Å²) in [6, 6.07) is 6.12. The first-order chi connectivity index (χ1) is 8.10. The molecule has 0 amide bonds. The molecule has 2 nitrogen and oxygen atoms in total. The predicted octanol–water partition coefficient (Wildman–Crippen LogP) is 3.83. The van der Waals surface area contributed by atoms with Gasteiger partial charge in [0.15, 0.2) is 0 Å². The predicted molar refractivity (Wildman–Crippen MR) is 79.4 cm³/mol. The Morgan fingerprint density at radius 2 is 2.06 bits per heavy atom. The fraction of sp³-hybridized carbons (Fsp3) is 0.462. The number of rotatable bonds is 6. The molecule has 1 atom stereocenters. The Bertz CT molecular complexity index is 391. The van der Waals surface area contributed by atoms with E-state index in [0.29, 0.717) is 5.92 Å². The maximum Gasteiger partial charge on any atom is 0.125 e. The molecular formula is C13H20N2S2. The van der Waals surface area contributed by atoms with Crippen molar-refractivity contribution < 1.29 is 0 Å². The summed E-state index contributed by atoms with van der Waals surface area (Å²) in [5.74, 6) is 1.94. The Morgan fingerprint density at radius 3 is 2.59 bits per heavy atom. The highest BCUT2D eigenvalue weighted by Crippen LogP contribution is 2.31. The largest absolute Gasteiger partial charge is 0.384 e. The molecule has 0 heterocycles. The number of nitrogens with two attached hydrogens (primary N) is 1. The Hall–Kier alpha value is -0.610. The molecule has 0 aliphatic rings. The van der Waals surface area contributed by atoms with Gasteiger partial charge in [-0.05, 0) is 24.3 Å². The highest BCUT2D eigenvalue weighted by atomic mass is 32.2. The normalized spacial score (nSPS) is 12.4. The number of thioether (sulfide) groups is 2. The van der Waals surface area contributed by atoms with Crippen LogP contribution in [0.4, 0.5) is 0 Å². The lowest BCUT2D eigenvalue weighted by molar-refractivity contribution is 0.637. The van der Waals surface area contributed by atoms with Crippen molar-refractivity contribution in [3.63, 3.8) is 0 Å². The van der Waals surface area contributed by atoms with Gasteiger partial charge in [-0.2, -0.15) is 0 Å². The van der Waals surface area contributed by atoms with Crippen LogP contribution in [0.5, 0.6) is 0 Å². The van der Waals surface area contributed by atoms with E-state index in [2.05, 4.69) is 19.9 Å². The van der Waals surface area contributed by atoms with Gasteiger partial charge in [-0.1, -0.05) is 26.3 Å². The number of amidine groups is 1. The van der Waals surface area contributed by atoms with Gasteiger partial charge < -0.3 is 5.73 Å².